The fourth-order valence-electron chi connectivity index (χ4n) is 2.25. The van der Waals surface area contributed by atoms with Gasteiger partial charge in [-0.3, -0.25) is 0 Å². The van der Waals surface area contributed by atoms with Gasteiger partial charge in [0.1, 0.15) is 5.75 Å². The molecule has 0 spiro atoms. The van der Waals surface area contributed by atoms with Crippen LogP contribution in [0.15, 0.2) is 30.3 Å². The van der Waals surface area contributed by atoms with Crippen LogP contribution in [-0.2, 0) is 12.2 Å². The van der Waals surface area contributed by atoms with E-state index < -0.39 is 11.8 Å². The van der Waals surface area contributed by atoms with Crippen LogP contribution in [0.1, 0.15) is 18.1 Å². The van der Waals surface area contributed by atoms with Gasteiger partial charge in [-0.1, -0.05) is 25.1 Å². The number of phenols is 1. The van der Waals surface area contributed by atoms with E-state index in [1.807, 2.05) is 0 Å². The van der Waals surface area contributed by atoms with Crippen molar-refractivity contribution in [3.8, 4) is 5.75 Å². The summed E-state index contributed by atoms with van der Waals surface area (Å²) in [6.07, 6.45) is 0.466. The molecule has 0 saturated heterocycles. The number of aliphatic hydroxyl groups is 5. The number of fused-ring (bicyclic) bond motifs is 1. The van der Waals surface area contributed by atoms with E-state index in [0.29, 0.717) is 22.8 Å². The number of benzene rings is 2. The van der Waals surface area contributed by atoms with E-state index in [1.165, 1.54) is 24.3 Å². The van der Waals surface area contributed by atoms with Crippen LogP contribution in [0, 0.1) is 0 Å². The summed E-state index contributed by atoms with van der Waals surface area (Å²) in [5.41, 5.74) is 0.312. The monoisotopic (exact) mass is 280 g/mol. The third-order valence-corrected chi connectivity index (χ3v) is 3.27. The number of rotatable bonds is 3. The number of aromatic hydroxyl groups is 1. The van der Waals surface area contributed by atoms with Crippen LogP contribution in [0.5, 0.6) is 5.75 Å². The normalized spacial score (nSPS) is 12.9. The second-order valence-corrected chi connectivity index (χ2v) is 4.67. The van der Waals surface area contributed by atoms with Crippen LogP contribution in [0.4, 0.5) is 0 Å². The van der Waals surface area contributed by atoms with Crippen molar-refractivity contribution >= 4 is 10.8 Å². The molecular weight excluding hydrogens is 264 g/mol. The van der Waals surface area contributed by atoms with Crippen LogP contribution in [0.3, 0.4) is 0 Å². The molecular formula is C14H16O6. The Bertz CT molecular complexity index is 642. The molecule has 0 aliphatic carbocycles. The summed E-state index contributed by atoms with van der Waals surface area (Å²) in [5.74, 6) is -6.98. The number of aryl methyl sites for hydroxylation is 1. The molecule has 0 saturated carbocycles. The molecule has 0 aliphatic rings. The van der Waals surface area contributed by atoms with Crippen molar-refractivity contribution in [3.05, 3.63) is 41.5 Å². The molecule has 20 heavy (non-hydrogen) atoms. The van der Waals surface area contributed by atoms with Gasteiger partial charge in [0.2, 0.25) is 0 Å². The summed E-state index contributed by atoms with van der Waals surface area (Å²) >= 11 is 0. The molecule has 0 radical (unpaired) electrons. The standard InChI is InChI=1S/C14H16O6/c1-2-8-6-10(15)7-9-4-3-5-11(12(8)9)13(16,17)14(18,19)20/h3-7,15-20H,2H2,1H3. The van der Waals surface area contributed by atoms with Gasteiger partial charge < -0.3 is 30.6 Å². The highest BCUT2D eigenvalue weighted by Crippen LogP contribution is 2.36. The minimum absolute atomic E-state index is 0.0104. The number of hydrogen-bond acceptors (Lipinski definition) is 6. The minimum Gasteiger partial charge on any atom is -0.508 e. The van der Waals surface area contributed by atoms with E-state index >= 15 is 0 Å². The number of phenolic OH excluding ortho intramolecular Hbond substituents is 1. The summed E-state index contributed by atoms with van der Waals surface area (Å²) in [5, 5.41) is 57.6. The highest BCUT2D eigenvalue weighted by molar-refractivity contribution is 5.90. The Kier molecular flexibility index (Phi) is 3.45. The van der Waals surface area contributed by atoms with E-state index in [-0.39, 0.29) is 11.3 Å². The first kappa shape index (κ1) is 14.7. The van der Waals surface area contributed by atoms with Crippen molar-refractivity contribution in [1.82, 2.24) is 0 Å². The van der Waals surface area contributed by atoms with Crippen molar-refractivity contribution in [1.29, 1.82) is 0 Å². The molecule has 2 aromatic carbocycles. The lowest BCUT2D eigenvalue weighted by atomic mass is 9.92. The quantitative estimate of drug-likeness (QED) is 0.436. The van der Waals surface area contributed by atoms with Gasteiger partial charge in [0.05, 0.1) is 0 Å². The van der Waals surface area contributed by atoms with Gasteiger partial charge in [-0.15, -0.1) is 0 Å². The second kappa shape index (κ2) is 4.69. The molecule has 108 valence electrons. The predicted molar refractivity (Wildman–Crippen MR) is 70.5 cm³/mol. The first-order valence-electron chi connectivity index (χ1n) is 6.05. The Morgan fingerprint density at radius 2 is 1.65 bits per heavy atom. The summed E-state index contributed by atoms with van der Waals surface area (Å²) in [6, 6.07) is 7.18. The van der Waals surface area contributed by atoms with Gasteiger partial charge in [0.25, 0.3) is 5.79 Å². The lowest BCUT2D eigenvalue weighted by Crippen LogP contribution is -2.52. The Balaban J connectivity index is 2.85. The summed E-state index contributed by atoms with van der Waals surface area (Å²) in [4.78, 5) is 0. The molecule has 2 aromatic rings. The first-order chi connectivity index (χ1) is 9.18. The van der Waals surface area contributed by atoms with E-state index in [0.717, 1.165) is 0 Å². The highest BCUT2D eigenvalue weighted by Gasteiger charge is 2.49. The zero-order chi connectivity index (χ0) is 15.1. The Morgan fingerprint density at radius 1 is 1.00 bits per heavy atom. The summed E-state index contributed by atoms with van der Waals surface area (Å²) in [6.45, 7) is 1.80. The molecule has 0 fully saturated rings. The SMILES string of the molecule is CCc1cc(O)cc2cccc(C(O)(O)C(O)(O)O)c12. The summed E-state index contributed by atoms with van der Waals surface area (Å²) in [7, 11) is 0. The zero-order valence-electron chi connectivity index (χ0n) is 10.8. The minimum atomic E-state index is -3.72. The van der Waals surface area contributed by atoms with E-state index in [4.69, 9.17) is 15.3 Å². The Labute approximate surface area is 114 Å². The van der Waals surface area contributed by atoms with Crippen LogP contribution >= 0.6 is 0 Å². The van der Waals surface area contributed by atoms with E-state index in [2.05, 4.69) is 0 Å². The third kappa shape index (κ3) is 2.24. The molecule has 0 aliphatic heterocycles. The third-order valence-electron chi connectivity index (χ3n) is 3.27. The van der Waals surface area contributed by atoms with Gasteiger partial charge in [-0.25, -0.2) is 0 Å². The van der Waals surface area contributed by atoms with Crippen molar-refractivity contribution in [2.24, 2.45) is 0 Å². The molecule has 0 heterocycles. The highest BCUT2D eigenvalue weighted by atomic mass is 16.7. The molecule has 0 bridgehead atoms. The fourth-order valence-corrected chi connectivity index (χ4v) is 2.25. The molecule has 0 amide bonds. The van der Waals surface area contributed by atoms with Gasteiger partial charge in [0.15, 0.2) is 0 Å². The Hall–Kier alpha value is -1.70. The maximum atomic E-state index is 9.85. The average Bonchev–Trinajstić information content (AvgIpc) is 2.35. The average molecular weight is 280 g/mol. The van der Waals surface area contributed by atoms with Crippen LogP contribution < -0.4 is 0 Å². The smallest absolute Gasteiger partial charge is 0.337 e. The van der Waals surface area contributed by atoms with Gasteiger partial charge >= 0.3 is 5.97 Å². The molecule has 2 rings (SSSR count). The molecule has 0 aromatic heterocycles. The van der Waals surface area contributed by atoms with Crippen LogP contribution in [-0.4, -0.2) is 36.6 Å². The van der Waals surface area contributed by atoms with Crippen LogP contribution in [0.25, 0.3) is 10.8 Å². The molecule has 0 atom stereocenters. The largest absolute Gasteiger partial charge is 0.508 e. The van der Waals surface area contributed by atoms with Gasteiger partial charge in [-0.2, -0.15) is 0 Å². The zero-order valence-corrected chi connectivity index (χ0v) is 10.8. The molecule has 6 nitrogen and oxygen atoms in total. The summed E-state index contributed by atoms with van der Waals surface area (Å²) < 4.78 is 0. The van der Waals surface area contributed by atoms with Crippen molar-refractivity contribution in [2.75, 3.05) is 0 Å². The molecule has 6 N–H and O–H groups in total. The van der Waals surface area contributed by atoms with Crippen LogP contribution in [0.2, 0.25) is 0 Å². The predicted octanol–water partition coefficient (Wildman–Crippen LogP) is -0.124. The fraction of sp³-hybridized carbons (Fsp3) is 0.286. The first-order valence-corrected chi connectivity index (χ1v) is 6.05. The second-order valence-electron chi connectivity index (χ2n) is 4.67. The maximum Gasteiger partial charge on any atom is 0.337 e. The lowest BCUT2D eigenvalue weighted by molar-refractivity contribution is -0.454. The van der Waals surface area contributed by atoms with E-state index in [9.17, 15) is 15.3 Å². The molecule has 6 heteroatoms. The Morgan fingerprint density at radius 3 is 2.20 bits per heavy atom. The van der Waals surface area contributed by atoms with E-state index in [1.54, 1.807) is 13.0 Å². The van der Waals surface area contributed by atoms with Crippen molar-refractivity contribution in [3.63, 3.8) is 0 Å². The van der Waals surface area contributed by atoms with Gasteiger partial charge in [0, 0.05) is 5.56 Å². The van der Waals surface area contributed by atoms with Gasteiger partial charge in [-0.05, 0) is 34.9 Å². The van der Waals surface area contributed by atoms with Crippen molar-refractivity contribution < 1.29 is 30.6 Å². The lowest BCUT2D eigenvalue weighted by Gasteiger charge is -2.31. The molecule has 0 unspecified atom stereocenters. The topological polar surface area (TPSA) is 121 Å². The van der Waals surface area contributed by atoms with Crippen molar-refractivity contribution in [2.45, 2.75) is 25.1 Å². The maximum absolute atomic E-state index is 9.85. The number of hydrogen-bond donors (Lipinski definition) is 6.